The lowest BCUT2D eigenvalue weighted by Gasteiger charge is -2.33. The summed E-state index contributed by atoms with van der Waals surface area (Å²) in [7, 11) is 3.06. The molecule has 0 radical (unpaired) electrons. The summed E-state index contributed by atoms with van der Waals surface area (Å²) in [5, 5.41) is 5.33. The monoisotopic (exact) mass is 382 g/mol. The molecule has 7 heteroatoms. The molecule has 0 saturated carbocycles. The topological polar surface area (TPSA) is 85.9 Å². The van der Waals surface area contributed by atoms with Crippen molar-refractivity contribution in [3.05, 3.63) is 71.9 Å². The zero-order valence-corrected chi connectivity index (χ0v) is 15.7. The van der Waals surface area contributed by atoms with Crippen LogP contribution in [-0.2, 0) is 16.1 Å². The minimum Gasteiger partial charge on any atom is -0.493 e. The Morgan fingerprint density at radius 1 is 1.07 bits per heavy atom. The van der Waals surface area contributed by atoms with Crippen LogP contribution in [0.5, 0.6) is 11.5 Å². The summed E-state index contributed by atoms with van der Waals surface area (Å²) in [5.74, 6) is -0.232. The van der Waals surface area contributed by atoms with Gasteiger partial charge in [-0.25, -0.2) is 4.79 Å². The molecule has 2 aromatic rings. The van der Waals surface area contributed by atoms with Gasteiger partial charge in [-0.3, -0.25) is 4.79 Å². The van der Waals surface area contributed by atoms with E-state index >= 15 is 0 Å². The van der Waals surface area contributed by atoms with E-state index < -0.39 is 24.0 Å². The van der Waals surface area contributed by atoms with Crippen molar-refractivity contribution in [1.29, 1.82) is 0 Å². The van der Waals surface area contributed by atoms with Gasteiger partial charge in [0.05, 0.1) is 20.3 Å². The molecule has 0 aliphatic carbocycles. The number of carbonyl (C=O) groups is 2. The molecule has 2 N–H and O–H groups in total. The molecule has 2 amide bonds. The number of rotatable bonds is 6. The average Bonchev–Trinajstić information content (AvgIpc) is 2.71. The van der Waals surface area contributed by atoms with E-state index in [0.29, 0.717) is 17.1 Å². The molecule has 1 aliphatic rings. The minimum atomic E-state index is -0.792. The van der Waals surface area contributed by atoms with Crippen LogP contribution in [0.15, 0.2) is 60.8 Å². The quantitative estimate of drug-likeness (QED) is 0.751. The third-order valence-corrected chi connectivity index (χ3v) is 4.51. The van der Waals surface area contributed by atoms with Crippen molar-refractivity contribution in [2.24, 2.45) is 5.92 Å². The van der Waals surface area contributed by atoms with Gasteiger partial charge in [0.2, 0.25) is 0 Å². The first-order valence-corrected chi connectivity index (χ1v) is 8.72. The fourth-order valence-corrected chi connectivity index (χ4v) is 3.10. The zero-order chi connectivity index (χ0) is 20.1. The van der Waals surface area contributed by atoms with Crippen LogP contribution in [0.2, 0.25) is 0 Å². The van der Waals surface area contributed by atoms with Crippen LogP contribution in [0.4, 0.5) is 4.79 Å². The SMILES string of the molecule is C=C1NC(=O)NC(c2ccc(OC)c(OC)c2)C1C(=O)OCc1ccccc1. The lowest BCUT2D eigenvalue weighted by Crippen LogP contribution is -2.51. The van der Waals surface area contributed by atoms with Crippen LogP contribution in [0.1, 0.15) is 17.2 Å². The third-order valence-electron chi connectivity index (χ3n) is 4.51. The fraction of sp³-hybridized carbons (Fsp3) is 0.238. The predicted octanol–water partition coefficient (Wildman–Crippen LogP) is 2.93. The number of nitrogens with one attached hydrogen (secondary N) is 2. The molecule has 0 bridgehead atoms. The molecular weight excluding hydrogens is 360 g/mol. The van der Waals surface area contributed by atoms with E-state index in [4.69, 9.17) is 14.2 Å². The van der Waals surface area contributed by atoms with Gasteiger partial charge >= 0.3 is 12.0 Å². The Morgan fingerprint density at radius 3 is 2.46 bits per heavy atom. The van der Waals surface area contributed by atoms with Gasteiger partial charge in [0.25, 0.3) is 0 Å². The highest BCUT2D eigenvalue weighted by Crippen LogP contribution is 2.35. The molecule has 146 valence electrons. The van der Waals surface area contributed by atoms with Gasteiger partial charge in [0.1, 0.15) is 12.5 Å². The van der Waals surface area contributed by atoms with Gasteiger partial charge < -0.3 is 24.8 Å². The molecule has 2 unspecified atom stereocenters. The Morgan fingerprint density at radius 2 is 1.79 bits per heavy atom. The van der Waals surface area contributed by atoms with Crippen molar-refractivity contribution >= 4 is 12.0 Å². The largest absolute Gasteiger partial charge is 0.493 e. The molecule has 2 atom stereocenters. The maximum Gasteiger partial charge on any atom is 0.319 e. The van der Waals surface area contributed by atoms with Crippen molar-refractivity contribution in [3.63, 3.8) is 0 Å². The predicted molar refractivity (Wildman–Crippen MR) is 103 cm³/mol. The van der Waals surface area contributed by atoms with E-state index in [9.17, 15) is 9.59 Å². The highest BCUT2D eigenvalue weighted by atomic mass is 16.5. The number of hydrogen-bond donors (Lipinski definition) is 2. The zero-order valence-electron chi connectivity index (χ0n) is 15.7. The maximum absolute atomic E-state index is 12.8. The highest BCUT2D eigenvalue weighted by Gasteiger charge is 2.39. The Labute approximate surface area is 163 Å². The molecule has 1 heterocycles. The summed E-state index contributed by atoms with van der Waals surface area (Å²) >= 11 is 0. The van der Waals surface area contributed by atoms with Crippen LogP contribution in [0.25, 0.3) is 0 Å². The molecule has 1 fully saturated rings. The van der Waals surface area contributed by atoms with Gasteiger partial charge in [0, 0.05) is 5.70 Å². The highest BCUT2D eigenvalue weighted by molar-refractivity contribution is 5.85. The second-order valence-corrected chi connectivity index (χ2v) is 6.29. The number of hydrogen-bond acceptors (Lipinski definition) is 5. The Hall–Kier alpha value is -3.48. The number of carbonyl (C=O) groups excluding carboxylic acids is 2. The Balaban J connectivity index is 1.85. The lowest BCUT2D eigenvalue weighted by atomic mass is 9.89. The van der Waals surface area contributed by atoms with Gasteiger partial charge in [-0.05, 0) is 23.3 Å². The van der Waals surface area contributed by atoms with Crippen molar-refractivity contribution in [1.82, 2.24) is 10.6 Å². The number of benzene rings is 2. The third kappa shape index (κ3) is 4.09. The molecule has 2 aromatic carbocycles. The molecule has 3 rings (SSSR count). The normalized spacial score (nSPS) is 18.6. The summed E-state index contributed by atoms with van der Waals surface area (Å²) in [6.07, 6.45) is 0. The standard InChI is InChI=1S/C21H22N2O5/c1-13-18(20(24)28-12-14-7-5-4-6-8-14)19(23-21(25)22-13)15-9-10-16(26-2)17(11-15)27-3/h4-11,18-19H,1,12H2,2-3H3,(H2,22,23,25). The van der Waals surface area contributed by atoms with Crippen LogP contribution >= 0.6 is 0 Å². The summed E-state index contributed by atoms with van der Waals surface area (Å²) in [4.78, 5) is 24.8. The van der Waals surface area contributed by atoms with Crippen molar-refractivity contribution in [3.8, 4) is 11.5 Å². The summed E-state index contributed by atoms with van der Waals surface area (Å²) in [6, 6.07) is 13.5. The number of methoxy groups -OCH3 is 2. The molecule has 1 saturated heterocycles. The smallest absolute Gasteiger partial charge is 0.319 e. The van der Waals surface area contributed by atoms with Crippen LogP contribution in [0, 0.1) is 5.92 Å². The summed E-state index contributed by atoms with van der Waals surface area (Å²) in [5.41, 5.74) is 1.83. The van der Waals surface area contributed by atoms with E-state index in [0.717, 1.165) is 5.56 Å². The number of esters is 1. The Bertz CT molecular complexity index is 882. The number of ether oxygens (including phenoxy) is 3. The second-order valence-electron chi connectivity index (χ2n) is 6.29. The maximum atomic E-state index is 12.8. The van der Waals surface area contributed by atoms with Gasteiger partial charge in [0.15, 0.2) is 11.5 Å². The molecule has 0 spiro atoms. The van der Waals surface area contributed by atoms with E-state index in [-0.39, 0.29) is 12.3 Å². The van der Waals surface area contributed by atoms with Crippen molar-refractivity contribution in [2.75, 3.05) is 14.2 Å². The molecule has 7 nitrogen and oxygen atoms in total. The molecule has 1 aliphatic heterocycles. The van der Waals surface area contributed by atoms with E-state index in [1.165, 1.54) is 14.2 Å². The van der Waals surface area contributed by atoms with Crippen LogP contribution in [0.3, 0.4) is 0 Å². The average molecular weight is 382 g/mol. The fourth-order valence-electron chi connectivity index (χ4n) is 3.10. The Kier molecular flexibility index (Phi) is 5.84. The number of amides is 2. The first kappa shape index (κ1) is 19.3. The second kappa shape index (κ2) is 8.47. The summed E-state index contributed by atoms with van der Waals surface area (Å²) in [6.45, 7) is 3.98. The van der Waals surface area contributed by atoms with Gasteiger partial charge in [-0.1, -0.05) is 43.0 Å². The first-order chi connectivity index (χ1) is 13.5. The van der Waals surface area contributed by atoms with Gasteiger partial charge in [-0.15, -0.1) is 0 Å². The van der Waals surface area contributed by atoms with Gasteiger partial charge in [-0.2, -0.15) is 0 Å². The van der Waals surface area contributed by atoms with Crippen LogP contribution < -0.4 is 20.1 Å². The van der Waals surface area contributed by atoms with Crippen molar-refractivity contribution in [2.45, 2.75) is 12.6 Å². The van der Waals surface area contributed by atoms with E-state index in [1.54, 1.807) is 18.2 Å². The van der Waals surface area contributed by atoms with E-state index in [1.807, 2.05) is 30.3 Å². The van der Waals surface area contributed by atoms with E-state index in [2.05, 4.69) is 17.2 Å². The molecule has 28 heavy (non-hydrogen) atoms. The summed E-state index contributed by atoms with van der Waals surface area (Å²) < 4.78 is 16.1. The van der Waals surface area contributed by atoms with Crippen molar-refractivity contribution < 1.29 is 23.8 Å². The first-order valence-electron chi connectivity index (χ1n) is 8.72. The van der Waals surface area contributed by atoms with Crippen LogP contribution in [-0.4, -0.2) is 26.2 Å². The molecule has 0 aromatic heterocycles. The molecular formula is C21H22N2O5. The number of urea groups is 1. The minimum absolute atomic E-state index is 0.135. The lowest BCUT2D eigenvalue weighted by molar-refractivity contribution is -0.149.